The Kier molecular flexibility index (Phi) is 4.84. The van der Waals surface area contributed by atoms with Crippen molar-refractivity contribution in [3.63, 3.8) is 0 Å². The molecule has 0 atom stereocenters. The summed E-state index contributed by atoms with van der Waals surface area (Å²) in [6, 6.07) is 1.00. The second-order valence-corrected chi connectivity index (χ2v) is 3.59. The van der Waals surface area contributed by atoms with Crippen LogP contribution in [-0.2, 0) is 4.79 Å². The average Bonchev–Trinajstić information content (AvgIpc) is 2.27. The fraction of sp³-hybridized carbons (Fsp3) is 0.300. The van der Waals surface area contributed by atoms with Gasteiger partial charge in [-0.25, -0.2) is 9.37 Å². The minimum absolute atomic E-state index is 0.0329. The average molecular weight is 260 g/mol. The first-order valence-corrected chi connectivity index (χ1v) is 5.22. The van der Waals surface area contributed by atoms with Crippen LogP contribution in [0.5, 0.6) is 0 Å². The molecule has 1 aromatic heterocycles. The van der Waals surface area contributed by atoms with Crippen molar-refractivity contribution in [2.75, 3.05) is 13.1 Å². The summed E-state index contributed by atoms with van der Waals surface area (Å²) in [4.78, 5) is 25.6. The molecule has 0 aliphatic heterocycles. The number of halogens is 2. The smallest absolute Gasteiger partial charge is 0.254 e. The van der Waals surface area contributed by atoms with Crippen LogP contribution in [0.2, 0.25) is 5.15 Å². The largest absolute Gasteiger partial charge is 0.355 e. The Labute approximate surface area is 102 Å². The van der Waals surface area contributed by atoms with Crippen LogP contribution in [0.25, 0.3) is 0 Å². The summed E-state index contributed by atoms with van der Waals surface area (Å²) in [6.07, 6.45) is 0.927. The molecule has 0 radical (unpaired) electrons. The molecule has 0 spiro atoms. The van der Waals surface area contributed by atoms with E-state index in [1.807, 2.05) is 0 Å². The van der Waals surface area contributed by atoms with E-state index in [9.17, 15) is 14.0 Å². The Hall–Kier alpha value is -1.69. The first-order chi connectivity index (χ1) is 8.00. The highest BCUT2D eigenvalue weighted by molar-refractivity contribution is 6.32. The molecule has 0 fully saturated rings. The number of nitrogens with one attached hydrogen (secondary N) is 2. The van der Waals surface area contributed by atoms with E-state index in [4.69, 9.17) is 11.6 Å². The van der Waals surface area contributed by atoms with Gasteiger partial charge in [-0.05, 0) is 6.07 Å². The molecule has 2 amide bonds. The van der Waals surface area contributed by atoms with Gasteiger partial charge < -0.3 is 10.6 Å². The number of hydrogen-bond acceptors (Lipinski definition) is 3. The molecule has 0 aromatic carbocycles. The minimum Gasteiger partial charge on any atom is -0.355 e. The van der Waals surface area contributed by atoms with Gasteiger partial charge in [-0.2, -0.15) is 0 Å². The van der Waals surface area contributed by atoms with Gasteiger partial charge in [0.25, 0.3) is 5.91 Å². The molecule has 1 heterocycles. The summed E-state index contributed by atoms with van der Waals surface area (Å²) >= 11 is 5.65. The van der Waals surface area contributed by atoms with E-state index in [2.05, 4.69) is 15.6 Å². The van der Waals surface area contributed by atoms with Gasteiger partial charge in [0.2, 0.25) is 5.91 Å². The van der Waals surface area contributed by atoms with Crippen molar-refractivity contribution in [2.45, 2.75) is 6.92 Å². The standard InChI is InChI=1S/C10H11ClFN3O2/c1-6(16)13-2-3-14-10(17)8-4-7(12)5-15-9(8)11/h4-5H,2-3H2,1H3,(H,13,16)(H,14,17). The molecule has 0 unspecified atom stereocenters. The summed E-state index contributed by atoms with van der Waals surface area (Å²) in [6.45, 7) is 1.89. The van der Waals surface area contributed by atoms with Crippen LogP contribution in [0.3, 0.4) is 0 Å². The van der Waals surface area contributed by atoms with Crippen molar-refractivity contribution in [3.8, 4) is 0 Å². The molecule has 0 aliphatic carbocycles. The van der Waals surface area contributed by atoms with E-state index in [1.165, 1.54) is 6.92 Å². The van der Waals surface area contributed by atoms with E-state index in [1.54, 1.807) is 0 Å². The van der Waals surface area contributed by atoms with Gasteiger partial charge in [-0.15, -0.1) is 0 Å². The Morgan fingerprint density at radius 1 is 1.41 bits per heavy atom. The second-order valence-electron chi connectivity index (χ2n) is 3.23. The Morgan fingerprint density at radius 2 is 2.06 bits per heavy atom. The number of pyridine rings is 1. The molecule has 0 aliphatic rings. The lowest BCUT2D eigenvalue weighted by molar-refractivity contribution is -0.118. The van der Waals surface area contributed by atoms with Crippen LogP contribution in [-0.4, -0.2) is 29.9 Å². The zero-order chi connectivity index (χ0) is 12.8. The maximum atomic E-state index is 12.8. The number of carbonyl (C=O) groups excluding carboxylic acids is 2. The molecule has 2 N–H and O–H groups in total. The molecule has 1 rings (SSSR count). The summed E-state index contributed by atoms with van der Waals surface area (Å²) in [5.41, 5.74) is -0.0329. The molecule has 5 nitrogen and oxygen atoms in total. The van der Waals surface area contributed by atoms with Crippen molar-refractivity contribution in [1.82, 2.24) is 15.6 Å². The number of hydrogen-bond donors (Lipinski definition) is 2. The third-order valence-electron chi connectivity index (χ3n) is 1.83. The van der Waals surface area contributed by atoms with Crippen LogP contribution >= 0.6 is 11.6 Å². The Balaban J connectivity index is 2.52. The van der Waals surface area contributed by atoms with Crippen LogP contribution < -0.4 is 10.6 Å². The molecule has 0 bridgehead atoms. The maximum absolute atomic E-state index is 12.8. The topological polar surface area (TPSA) is 71.1 Å². The highest BCUT2D eigenvalue weighted by Crippen LogP contribution is 2.13. The van der Waals surface area contributed by atoms with Crippen molar-refractivity contribution in [2.24, 2.45) is 0 Å². The van der Waals surface area contributed by atoms with Crippen molar-refractivity contribution >= 4 is 23.4 Å². The highest BCUT2D eigenvalue weighted by atomic mass is 35.5. The van der Waals surface area contributed by atoms with E-state index in [0.717, 1.165) is 12.3 Å². The van der Waals surface area contributed by atoms with Crippen molar-refractivity contribution in [3.05, 3.63) is 28.8 Å². The van der Waals surface area contributed by atoms with Crippen LogP contribution in [0, 0.1) is 5.82 Å². The molecule has 17 heavy (non-hydrogen) atoms. The van der Waals surface area contributed by atoms with Gasteiger partial charge in [0.1, 0.15) is 11.0 Å². The first-order valence-electron chi connectivity index (χ1n) is 4.84. The Morgan fingerprint density at radius 3 is 2.71 bits per heavy atom. The van der Waals surface area contributed by atoms with Crippen LogP contribution in [0.4, 0.5) is 4.39 Å². The van der Waals surface area contributed by atoms with E-state index < -0.39 is 11.7 Å². The predicted molar refractivity (Wildman–Crippen MR) is 60.2 cm³/mol. The van der Waals surface area contributed by atoms with Gasteiger partial charge in [-0.3, -0.25) is 9.59 Å². The van der Waals surface area contributed by atoms with Gasteiger partial charge >= 0.3 is 0 Å². The molecule has 0 saturated carbocycles. The third-order valence-corrected chi connectivity index (χ3v) is 2.14. The minimum atomic E-state index is -0.638. The second kappa shape index (κ2) is 6.15. The van der Waals surface area contributed by atoms with Crippen molar-refractivity contribution in [1.29, 1.82) is 0 Å². The van der Waals surface area contributed by atoms with Gasteiger partial charge in [0.05, 0.1) is 11.8 Å². The molecular weight excluding hydrogens is 249 g/mol. The van der Waals surface area contributed by atoms with Crippen LogP contribution in [0.15, 0.2) is 12.3 Å². The van der Waals surface area contributed by atoms with E-state index in [-0.39, 0.29) is 23.2 Å². The molecule has 1 aromatic rings. The number of carbonyl (C=O) groups is 2. The normalized spacial score (nSPS) is 9.82. The lowest BCUT2D eigenvalue weighted by Crippen LogP contribution is -2.33. The molecular formula is C10H11ClFN3O2. The van der Waals surface area contributed by atoms with Crippen molar-refractivity contribution < 1.29 is 14.0 Å². The number of amides is 2. The zero-order valence-electron chi connectivity index (χ0n) is 9.09. The number of aromatic nitrogens is 1. The lowest BCUT2D eigenvalue weighted by atomic mass is 10.2. The summed E-state index contributed by atoms with van der Waals surface area (Å²) in [5.74, 6) is -1.36. The number of rotatable bonds is 4. The maximum Gasteiger partial charge on any atom is 0.254 e. The fourth-order valence-corrected chi connectivity index (χ4v) is 1.28. The van der Waals surface area contributed by atoms with E-state index in [0.29, 0.717) is 6.54 Å². The van der Waals surface area contributed by atoms with Crippen LogP contribution in [0.1, 0.15) is 17.3 Å². The fourth-order valence-electron chi connectivity index (χ4n) is 1.09. The van der Waals surface area contributed by atoms with Gasteiger partial charge in [0, 0.05) is 20.0 Å². The first kappa shape index (κ1) is 13.4. The van der Waals surface area contributed by atoms with E-state index >= 15 is 0 Å². The monoisotopic (exact) mass is 259 g/mol. The zero-order valence-corrected chi connectivity index (χ0v) is 9.84. The van der Waals surface area contributed by atoms with Gasteiger partial charge in [-0.1, -0.05) is 11.6 Å². The molecule has 7 heteroatoms. The highest BCUT2D eigenvalue weighted by Gasteiger charge is 2.11. The molecule has 92 valence electrons. The lowest BCUT2D eigenvalue weighted by Gasteiger charge is -2.06. The number of nitrogens with zero attached hydrogens (tertiary/aromatic N) is 1. The third kappa shape index (κ3) is 4.36. The molecule has 0 saturated heterocycles. The summed E-state index contributed by atoms with van der Waals surface area (Å²) in [7, 11) is 0. The summed E-state index contributed by atoms with van der Waals surface area (Å²) < 4.78 is 12.8. The Bertz CT molecular complexity index is 440. The van der Waals surface area contributed by atoms with Gasteiger partial charge in [0.15, 0.2) is 0 Å². The summed E-state index contributed by atoms with van der Waals surface area (Å²) in [5, 5.41) is 4.91. The SMILES string of the molecule is CC(=O)NCCNC(=O)c1cc(F)cnc1Cl. The quantitative estimate of drug-likeness (QED) is 0.619. The predicted octanol–water partition coefficient (Wildman–Crippen LogP) is 0.740.